The van der Waals surface area contributed by atoms with Crippen molar-refractivity contribution in [2.45, 2.75) is 0 Å². The predicted octanol–water partition coefficient (Wildman–Crippen LogP) is 5.67. The summed E-state index contributed by atoms with van der Waals surface area (Å²) in [6.07, 6.45) is 6.96. The molecule has 0 saturated carbocycles. The number of benzene rings is 2. The number of amidine groups is 1. The second kappa shape index (κ2) is 9.59. The predicted molar refractivity (Wildman–Crippen MR) is 122 cm³/mol. The summed E-state index contributed by atoms with van der Waals surface area (Å²) < 4.78 is 11.5. The quantitative estimate of drug-likeness (QED) is 0.415. The van der Waals surface area contributed by atoms with Crippen LogP contribution in [0.3, 0.4) is 0 Å². The van der Waals surface area contributed by atoms with Crippen molar-refractivity contribution in [2.75, 3.05) is 13.7 Å². The molecule has 5 nitrogen and oxygen atoms in total. The van der Waals surface area contributed by atoms with Gasteiger partial charge in [0.15, 0.2) is 16.7 Å². The number of thioether (sulfide) groups is 1. The van der Waals surface area contributed by atoms with E-state index in [4.69, 9.17) is 39.1 Å². The molecule has 0 radical (unpaired) electrons. The number of carbonyl (C=O) groups is 1. The van der Waals surface area contributed by atoms with Gasteiger partial charge in [-0.25, -0.2) is 4.99 Å². The Morgan fingerprint density at radius 2 is 2.14 bits per heavy atom. The van der Waals surface area contributed by atoms with Crippen molar-refractivity contribution >= 4 is 73.7 Å². The second-order valence-electron chi connectivity index (χ2n) is 5.57. The lowest BCUT2D eigenvalue weighted by atomic mass is 10.2. The first kappa shape index (κ1) is 21.6. The van der Waals surface area contributed by atoms with Crippen molar-refractivity contribution in [3.63, 3.8) is 0 Å². The first-order chi connectivity index (χ1) is 13.9. The molecule has 1 N–H and O–H groups in total. The van der Waals surface area contributed by atoms with Crippen LogP contribution >= 0.6 is 50.9 Å². The van der Waals surface area contributed by atoms with Crippen LogP contribution < -0.4 is 14.8 Å². The number of nitrogens with zero attached hydrogens (tertiary/aromatic N) is 1. The fourth-order valence-corrected chi connectivity index (χ4v) is 3.96. The molecule has 1 heterocycles. The van der Waals surface area contributed by atoms with Gasteiger partial charge in [-0.05, 0) is 47.7 Å². The van der Waals surface area contributed by atoms with Crippen molar-refractivity contribution in [2.24, 2.45) is 4.99 Å². The Hall–Kier alpha value is -2.11. The van der Waals surface area contributed by atoms with Gasteiger partial charge in [-0.1, -0.05) is 51.1 Å². The minimum atomic E-state index is -0.273. The maximum absolute atomic E-state index is 12.4. The van der Waals surface area contributed by atoms with Crippen molar-refractivity contribution in [1.29, 1.82) is 0 Å². The first-order valence-corrected chi connectivity index (χ1v) is 10.5. The molecular formula is C20H13BrCl2N2O3S. The van der Waals surface area contributed by atoms with E-state index >= 15 is 0 Å². The van der Waals surface area contributed by atoms with Crippen LogP contribution in [-0.4, -0.2) is 24.8 Å². The fourth-order valence-electron chi connectivity index (χ4n) is 2.36. The van der Waals surface area contributed by atoms with Crippen molar-refractivity contribution in [3.05, 3.63) is 55.3 Å². The number of hydrogen-bond acceptors (Lipinski definition) is 5. The zero-order valence-corrected chi connectivity index (χ0v) is 18.9. The van der Waals surface area contributed by atoms with E-state index in [2.05, 4.69) is 32.2 Å². The summed E-state index contributed by atoms with van der Waals surface area (Å²) in [5, 5.41) is 3.84. The lowest BCUT2D eigenvalue weighted by Gasteiger charge is -2.11. The number of halogens is 3. The largest absolute Gasteiger partial charge is 0.493 e. The summed E-state index contributed by atoms with van der Waals surface area (Å²) in [6, 6.07) is 8.60. The molecule has 3 rings (SSSR count). The summed E-state index contributed by atoms with van der Waals surface area (Å²) in [4.78, 5) is 17.2. The zero-order valence-electron chi connectivity index (χ0n) is 15.0. The maximum Gasteiger partial charge on any atom is 0.264 e. The van der Waals surface area contributed by atoms with Gasteiger partial charge in [0.05, 0.1) is 27.7 Å². The Kier molecular flexibility index (Phi) is 7.14. The van der Waals surface area contributed by atoms with Crippen LogP contribution in [0, 0.1) is 12.3 Å². The van der Waals surface area contributed by atoms with E-state index in [1.54, 1.807) is 36.4 Å². The third kappa shape index (κ3) is 5.09. The highest BCUT2D eigenvalue weighted by molar-refractivity contribution is 9.10. The van der Waals surface area contributed by atoms with Crippen LogP contribution in [0.2, 0.25) is 10.0 Å². The minimum absolute atomic E-state index is 0.118. The normalized spacial score (nSPS) is 16.0. The van der Waals surface area contributed by atoms with Gasteiger partial charge in [-0.15, -0.1) is 6.42 Å². The van der Waals surface area contributed by atoms with Gasteiger partial charge >= 0.3 is 0 Å². The molecule has 0 aliphatic carbocycles. The van der Waals surface area contributed by atoms with Gasteiger partial charge in [-0.3, -0.25) is 4.79 Å². The molecule has 0 aromatic heterocycles. The van der Waals surface area contributed by atoms with Crippen LogP contribution in [0.15, 0.2) is 44.7 Å². The van der Waals surface area contributed by atoms with Gasteiger partial charge in [0.2, 0.25) is 0 Å². The van der Waals surface area contributed by atoms with Gasteiger partial charge in [0.25, 0.3) is 5.91 Å². The minimum Gasteiger partial charge on any atom is -0.493 e. The Balaban J connectivity index is 1.89. The van der Waals surface area contributed by atoms with Crippen LogP contribution in [0.1, 0.15) is 5.56 Å². The van der Waals surface area contributed by atoms with E-state index in [0.717, 1.165) is 10.0 Å². The molecule has 1 fully saturated rings. The number of carbonyl (C=O) groups excluding carboxylic acids is 1. The van der Waals surface area contributed by atoms with Gasteiger partial charge in [0, 0.05) is 4.47 Å². The maximum atomic E-state index is 12.4. The lowest BCUT2D eigenvalue weighted by molar-refractivity contribution is -0.115. The van der Waals surface area contributed by atoms with E-state index in [0.29, 0.717) is 37.3 Å². The molecule has 0 bridgehead atoms. The van der Waals surface area contributed by atoms with E-state index in [-0.39, 0.29) is 12.5 Å². The molecule has 1 saturated heterocycles. The number of ether oxygens (including phenoxy) is 2. The van der Waals surface area contributed by atoms with E-state index in [9.17, 15) is 4.79 Å². The number of nitrogens with one attached hydrogen (secondary N) is 1. The third-order valence-corrected chi connectivity index (χ3v) is 6.09. The van der Waals surface area contributed by atoms with Gasteiger partial charge < -0.3 is 14.8 Å². The SMILES string of the molecule is C#CCOc1cc(Br)c(/C=C2/SC(=Nc3cccc(Cl)c3Cl)NC2=O)cc1OC. The second-order valence-corrected chi connectivity index (χ2v) is 8.24. The smallest absolute Gasteiger partial charge is 0.264 e. The van der Waals surface area contributed by atoms with E-state index in [1.165, 1.54) is 18.9 Å². The molecule has 29 heavy (non-hydrogen) atoms. The summed E-state index contributed by atoms with van der Waals surface area (Å²) in [5.74, 6) is 3.13. The molecular weight excluding hydrogens is 499 g/mol. The number of amides is 1. The average molecular weight is 512 g/mol. The Bertz CT molecular complexity index is 1080. The number of rotatable bonds is 5. The van der Waals surface area contributed by atoms with E-state index < -0.39 is 0 Å². The molecule has 0 atom stereocenters. The zero-order chi connectivity index (χ0) is 21.0. The number of hydrogen-bond donors (Lipinski definition) is 1. The van der Waals surface area contributed by atoms with Gasteiger partial charge in [-0.2, -0.15) is 0 Å². The fraction of sp³-hybridized carbons (Fsp3) is 0.100. The number of terminal acetylenes is 1. The molecule has 1 aliphatic rings. The Morgan fingerprint density at radius 3 is 2.86 bits per heavy atom. The molecule has 1 aliphatic heterocycles. The molecule has 9 heteroatoms. The van der Waals surface area contributed by atoms with Crippen molar-refractivity contribution < 1.29 is 14.3 Å². The third-order valence-electron chi connectivity index (χ3n) is 3.68. The average Bonchev–Trinajstić information content (AvgIpc) is 3.04. The van der Waals surface area contributed by atoms with Crippen LogP contribution in [0.4, 0.5) is 5.69 Å². The summed E-state index contributed by atoms with van der Waals surface area (Å²) in [6.45, 7) is 0.118. The van der Waals surface area contributed by atoms with Crippen LogP contribution in [0.5, 0.6) is 11.5 Å². The Morgan fingerprint density at radius 1 is 1.34 bits per heavy atom. The van der Waals surface area contributed by atoms with Crippen LogP contribution in [0.25, 0.3) is 6.08 Å². The highest BCUT2D eigenvalue weighted by atomic mass is 79.9. The molecule has 2 aromatic rings. The summed E-state index contributed by atoms with van der Waals surface area (Å²) in [7, 11) is 1.53. The van der Waals surface area contributed by atoms with Crippen molar-refractivity contribution in [3.8, 4) is 23.8 Å². The molecule has 1 amide bonds. The lowest BCUT2D eigenvalue weighted by Crippen LogP contribution is -2.19. The number of aliphatic imine (C=N–C) groups is 1. The monoisotopic (exact) mass is 510 g/mol. The Labute approximate surface area is 190 Å². The van der Waals surface area contributed by atoms with E-state index in [1.807, 2.05) is 0 Å². The number of methoxy groups -OCH3 is 1. The first-order valence-electron chi connectivity index (χ1n) is 8.10. The summed E-state index contributed by atoms with van der Waals surface area (Å²) >= 11 is 16.8. The molecule has 0 spiro atoms. The van der Waals surface area contributed by atoms with Gasteiger partial charge in [0.1, 0.15) is 6.61 Å². The highest BCUT2D eigenvalue weighted by Crippen LogP contribution is 2.37. The highest BCUT2D eigenvalue weighted by Gasteiger charge is 2.25. The molecule has 148 valence electrons. The molecule has 2 aromatic carbocycles. The topological polar surface area (TPSA) is 59.9 Å². The summed E-state index contributed by atoms with van der Waals surface area (Å²) in [5.41, 5.74) is 1.20. The van der Waals surface area contributed by atoms with Crippen molar-refractivity contribution in [1.82, 2.24) is 5.32 Å². The van der Waals surface area contributed by atoms with Crippen LogP contribution in [-0.2, 0) is 4.79 Å². The molecule has 0 unspecified atom stereocenters. The standard InChI is InChI=1S/C20H13BrCl2N2O3S/c1-3-7-28-16-10-12(21)11(8-15(16)27-2)9-17-19(26)25-20(29-17)24-14-6-4-5-13(22)18(14)23/h1,4-6,8-10H,7H2,2H3,(H,24,25,26)/b17-9+.